The topological polar surface area (TPSA) is 67.6 Å². The first-order valence-electron chi connectivity index (χ1n) is 6.40. The Morgan fingerprint density at radius 1 is 1.32 bits per heavy atom. The van der Waals surface area contributed by atoms with Gasteiger partial charge in [0.05, 0.1) is 6.61 Å². The quantitative estimate of drug-likeness (QED) is 0.636. The normalized spacial score (nSPS) is 10.9. The summed E-state index contributed by atoms with van der Waals surface area (Å²) in [6.45, 7) is 4.37. The lowest BCUT2D eigenvalue weighted by Gasteiger charge is -2.16. The molecule has 1 aromatic carbocycles. The fraction of sp³-hybridized carbons (Fsp3) is 0.500. The van der Waals surface area contributed by atoms with Crippen molar-refractivity contribution in [2.75, 3.05) is 40.4 Å². The first-order valence-corrected chi connectivity index (χ1v) is 6.40. The lowest BCUT2D eigenvalue weighted by molar-refractivity contribution is 0.100. The number of methoxy groups -OCH3 is 1. The van der Waals surface area contributed by atoms with Crippen LogP contribution in [0.5, 0.6) is 0 Å². The van der Waals surface area contributed by atoms with Crippen LogP contribution in [0.25, 0.3) is 0 Å². The maximum Gasteiger partial charge on any atom is 0.248 e. The Kier molecular flexibility index (Phi) is 7.10. The van der Waals surface area contributed by atoms with E-state index in [4.69, 9.17) is 10.5 Å². The number of primary amides is 1. The minimum atomic E-state index is -0.390. The summed E-state index contributed by atoms with van der Waals surface area (Å²) in [7, 11) is 3.78. The van der Waals surface area contributed by atoms with E-state index < -0.39 is 0 Å². The highest BCUT2D eigenvalue weighted by molar-refractivity contribution is 5.92. The van der Waals surface area contributed by atoms with Gasteiger partial charge in [0.1, 0.15) is 0 Å². The molecule has 5 heteroatoms. The molecule has 0 spiro atoms. The molecule has 0 fully saturated rings. The van der Waals surface area contributed by atoms with Gasteiger partial charge < -0.3 is 20.7 Å². The number of ether oxygens (including phenoxy) is 1. The molecule has 0 aliphatic carbocycles. The molecule has 106 valence electrons. The van der Waals surface area contributed by atoms with E-state index >= 15 is 0 Å². The smallest absolute Gasteiger partial charge is 0.248 e. The lowest BCUT2D eigenvalue weighted by atomic mass is 10.1. The molecule has 0 radical (unpaired) electrons. The molecule has 0 aliphatic heterocycles. The molecule has 19 heavy (non-hydrogen) atoms. The first kappa shape index (κ1) is 15.6. The predicted molar refractivity (Wildman–Crippen MR) is 76.0 cm³/mol. The number of hydrogen-bond acceptors (Lipinski definition) is 4. The zero-order valence-corrected chi connectivity index (χ0v) is 11.7. The van der Waals surface area contributed by atoms with E-state index in [0.717, 1.165) is 38.3 Å². The Bertz CT molecular complexity index is 379. The van der Waals surface area contributed by atoms with Crippen molar-refractivity contribution in [3.05, 3.63) is 35.4 Å². The second-order valence-corrected chi connectivity index (χ2v) is 4.53. The Morgan fingerprint density at radius 2 is 2.00 bits per heavy atom. The standard InChI is InChI=1S/C14H23N3O2/c1-17(9-10-19-2)8-7-16-11-12-3-5-13(6-4-12)14(15)18/h3-6,16H,7-11H2,1-2H3,(H2,15,18). The van der Waals surface area contributed by atoms with Gasteiger partial charge in [0.2, 0.25) is 5.91 Å². The lowest BCUT2D eigenvalue weighted by Crippen LogP contribution is -2.31. The molecule has 0 heterocycles. The van der Waals surface area contributed by atoms with Gasteiger partial charge >= 0.3 is 0 Å². The summed E-state index contributed by atoms with van der Waals surface area (Å²) >= 11 is 0. The van der Waals surface area contributed by atoms with Crippen LogP contribution >= 0.6 is 0 Å². The molecule has 5 nitrogen and oxygen atoms in total. The van der Waals surface area contributed by atoms with Crippen molar-refractivity contribution in [1.82, 2.24) is 10.2 Å². The van der Waals surface area contributed by atoms with Crippen molar-refractivity contribution >= 4 is 5.91 Å². The van der Waals surface area contributed by atoms with Crippen LogP contribution in [0.2, 0.25) is 0 Å². The van der Waals surface area contributed by atoms with Crippen LogP contribution in [0, 0.1) is 0 Å². The van der Waals surface area contributed by atoms with Crippen LogP contribution < -0.4 is 11.1 Å². The zero-order valence-electron chi connectivity index (χ0n) is 11.7. The van der Waals surface area contributed by atoms with Gasteiger partial charge in [-0.1, -0.05) is 12.1 Å². The highest BCUT2D eigenvalue weighted by Gasteiger charge is 2.00. The third-order valence-electron chi connectivity index (χ3n) is 2.92. The molecule has 0 saturated carbocycles. The number of nitrogens with two attached hydrogens (primary N) is 1. The molecule has 1 aromatic rings. The Morgan fingerprint density at radius 3 is 2.58 bits per heavy atom. The van der Waals surface area contributed by atoms with Gasteiger partial charge in [-0.05, 0) is 24.7 Å². The third kappa shape index (κ3) is 6.33. The summed E-state index contributed by atoms with van der Waals surface area (Å²) < 4.78 is 5.02. The molecule has 1 amide bonds. The average molecular weight is 265 g/mol. The van der Waals surface area contributed by atoms with Gasteiger partial charge in [-0.2, -0.15) is 0 Å². The Hall–Kier alpha value is -1.43. The summed E-state index contributed by atoms with van der Waals surface area (Å²) in [5.41, 5.74) is 6.88. The number of rotatable bonds is 9. The average Bonchev–Trinajstić information content (AvgIpc) is 2.41. The van der Waals surface area contributed by atoms with Crippen molar-refractivity contribution in [3.63, 3.8) is 0 Å². The van der Waals surface area contributed by atoms with Crippen molar-refractivity contribution < 1.29 is 9.53 Å². The largest absolute Gasteiger partial charge is 0.383 e. The number of amides is 1. The molecular formula is C14H23N3O2. The van der Waals surface area contributed by atoms with E-state index in [2.05, 4.69) is 17.3 Å². The number of likely N-dealkylation sites (N-methyl/N-ethyl adjacent to an activating group) is 1. The molecule has 0 saturated heterocycles. The van der Waals surface area contributed by atoms with Crippen LogP contribution in [0.15, 0.2) is 24.3 Å². The monoisotopic (exact) mass is 265 g/mol. The molecule has 3 N–H and O–H groups in total. The molecule has 0 atom stereocenters. The number of nitrogens with zero attached hydrogens (tertiary/aromatic N) is 1. The highest BCUT2D eigenvalue weighted by atomic mass is 16.5. The summed E-state index contributed by atoms with van der Waals surface area (Å²) in [6.07, 6.45) is 0. The Balaban J connectivity index is 2.20. The van der Waals surface area contributed by atoms with Gasteiger partial charge in [-0.3, -0.25) is 4.79 Å². The van der Waals surface area contributed by atoms with Gasteiger partial charge in [0, 0.05) is 38.9 Å². The van der Waals surface area contributed by atoms with Crippen LogP contribution in [-0.4, -0.2) is 51.2 Å². The molecule has 0 unspecified atom stereocenters. The highest BCUT2D eigenvalue weighted by Crippen LogP contribution is 2.03. The summed E-state index contributed by atoms with van der Waals surface area (Å²) in [5, 5.41) is 3.36. The van der Waals surface area contributed by atoms with Crippen molar-refractivity contribution in [2.45, 2.75) is 6.54 Å². The minimum Gasteiger partial charge on any atom is -0.383 e. The van der Waals surface area contributed by atoms with Crippen LogP contribution in [0.3, 0.4) is 0 Å². The molecule has 0 bridgehead atoms. The second kappa shape index (κ2) is 8.63. The van der Waals surface area contributed by atoms with E-state index in [1.54, 1.807) is 19.2 Å². The van der Waals surface area contributed by atoms with E-state index in [1.165, 1.54) is 0 Å². The van der Waals surface area contributed by atoms with Crippen LogP contribution in [0.1, 0.15) is 15.9 Å². The van der Waals surface area contributed by atoms with Crippen molar-refractivity contribution in [2.24, 2.45) is 5.73 Å². The number of carbonyl (C=O) groups excluding carboxylic acids is 1. The number of benzene rings is 1. The van der Waals surface area contributed by atoms with E-state index in [1.807, 2.05) is 12.1 Å². The maximum atomic E-state index is 10.9. The predicted octanol–water partition coefficient (Wildman–Crippen LogP) is 0.453. The fourth-order valence-corrected chi connectivity index (χ4v) is 1.65. The summed E-state index contributed by atoms with van der Waals surface area (Å²) in [6, 6.07) is 7.34. The zero-order chi connectivity index (χ0) is 14.1. The summed E-state index contributed by atoms with van der Waals surface area (Å²) in [4.78, 5) is 13.1. The molecule has 0 aromatic heterocycles. The summed E-state index contributed by atoms with van der Waals surface area (Å²) in [5.74, 6) is -0.390. The molecule has 1 rings (SSSR count). The van der Waals surface area contributed by atoms with Crippen LogP contribution in [-0.2, 0) is 11.3 Å². The maximum absolute atomic E-state index is 10.9. The van der Waals surface area contributed by atoms with Gasteiger partial charge in [-0.25, -0.2) is 0 Å². The number of nitrogens with one attached hydrogen (secondary N) is 1. The second-order valence-electron chi connectivity index (χ2n) is 4.53. The molecule has 0 aliphatic rings. The minimum absolute atomic E-state index is 0.390. The van der Waals surface area contributed by atoms with Crippen LogP contribution in [0.4, 0.5) is 0 Å². The Labute approximate surface area is 114 Å². The van der Waals surface area contributed by atoms with E-state index in [-0.39, 0.29) is 5.91 Å². The fourth-order valence-electron chi connectivity index (χ4n) is 1.65. The first-order chi connectivity index (χ1) is 9.13. The van der Waals surface area contributed by atoms with Gasteiger partial charge in [0.25, 0.3) is 0 Å². The van der Waals surface area contributed by atoms with E-state index in [9.17, 15) is 4.79 Å². The van der Waals surface area contributed by atoms with Gasteiger partial charge in [0.15, 0.2) is 0 Å². The third-order valence-corrected chi connectivity index (χ3v) is 2.92. The van der Waals surface area contributed by atoms with Gasteiger partial charge in [-0.15, -0.1) is 0 Å². The van der Waals surface area contributed by atoms with Crippen molar-refractivity contribution in [3.8, 4) is 0 Å². The van der Waals surface area contributed by atoms with Crippen molar-refractivity contribution in [1.29, 1.82) is 0 Å². The molecular weight excluding hydrogens is 242 g/mol. The SMILES string of the molecule is COCCN(C)CCNCc1ccc(C(N)=O)cc1. The number of hydrogen-bond donors (Lipinski definition) is 2. The van der Waals surface area contributed by atoms with E-state index in [0.29, 0.717) is 5.56 Å². The number of carbonyl (C=O) groups is 1.